The lowest BCUT2D eigenvalue weighted by molar-refractivity contribution is -0.136. The third-order valence-electron chi connectivity index (χ3n) is 6.85. The van der Waals surface area contributed by atoms with E-state index in [-0.39, 0.29) is 11.8 Å². The summed E-state index contributed by atoms with van der Waals surface area (Å²) < 4.78 is 0. The average molecular weight is 377 g/mol. The molecule has 5 rings (SSSR count). The fourth-order valence-electron chi connectivity index (χ4n) is 5.21. The van der Waals surface area contributed by atoms with Crippen molar-refractivity contribution in [3.63, 3.8) is 0 Å². The summed E-state index contributed by atoms with van der Waals surface area (Å²) in [5.41, 5.74) is 0.766. The summed E-state index contributed by atoms with van der Waals surface area (Å²) in [6, 6.07) is 13.9. The van der Waals surface area contributed by atoms with Gasteiger partial charge in [0.15, 0.2) is 0 Å². The zero-order valence-corrected chi connectivity index (χ0v) is 16.1. The number of rotatable bonds is 2. The molecule has 5 heteroatoms. The topological polar surface area (TPSA) is 52.7 Å². The van der Waals surface area contributed by atoms with Crippen LogP contribution in [0, 0.1) is 17.8 Å². The summed E-state index contributed by atoms with van der Waals surface area (Å²) in [6.07, 6.45) is 1.55. The van der Waals surface area contributed by atoms with Gasteiger partial charge in [0.1, 0.15) is 0 Å². The van der Waals surface area contributed by atoms with E-state index >= 15 is 0 Å². The maximum absolute atomic E-state index is 13.1. The SMILES string of the molecule is O=C(c1cccc2ccccc12)N1CCC(C(=O)N2C[C@H]3CNC[C@H]3C2)CC1. The first-order chi connectivity index (χ1) is 13.7. The molecule has 3 saturated heterocycles. The van der Waals surface area contributed by atoms with Crippen LogP contribution < -0.4 is 5.32 Å². The largest absolute Gasteiger partial charge is 0.342 e. The Bertz CT molecular complexity index is 886. The van der Waals surface area contributed by atoms with Crippen LogP contribution in [0.1, 0.15) is 23.2 Å². The summed E-state index contributed by atoms with van der Waals surface area (Å²) in [4.78, 5) is 30.1. The molecule has 28 heavy (non-hydrogen) atoms. The summed E-state index contributed by atoms with van der Waals surface area (Å²) in [7, 11) is 0. The number of piperidine rings is 1. The zero-order chi connectivity index (χ0) is 19.1. The summed E-state index contributed by atoms with van der Waals surface area (Å²) in [6.45, 7) is 5.25. The molecular weight excluding hydrogens is 350 g/mol. The van der Waals surface area contributed by atoms with Crippen LogP contribution in [0.15, 0.2) is 42.5 Å². The van der Waals surface area contributed by atoms with Gasteiger partial charge in [-0.05, 0) is 41.5 Å². The highest BCUT2D eigenvalue weighted by molar-refractivity contribution is 6.07. The van der Waals surface area contributed by atoms with Gasteiger partial charge in [0, 0.05) is 50.7 Å². The van der Waals surface area contributed by atoms with Crippen LogP contribution in [0.25, 0.3) is 10.8 Å². The summed E-state index contributed by atoms with van der Waals surface area (Å²) >= 11 is 0. The minimum absolute atomic E-state index is 0.0725. The molecule has 2 aromatic carbocycles. The highest BCUT2D eigenvalue weighted by atomic mass is 16.2. The van der Waals surface area contributed by atoms with Crippen molar-refractivity contribution in [1.29, 1.82) is 0 Å². The van der Waals surface area contributed by atoms with Gasteiger partial charge >= 0.3 is 0 Å². The van der Waals surface area contributed by atoms with Crippen molar-refractivity contribution in [3.05, 3.63) is 48.0 Å². The molecule has 0 radical (unpaired) electrons. The van der Waals surface area contributed by atoms with E-state index in [1.54, 1.807) is 0 Å². The van der Waals surface area contributed by atoms with E-state index in [2.05, 4.69) is 10.2 Å². The first-order valence-electron chi connectivity index (χ1n) is 10.5. The number of carbonyl (C=O) groups is 2. The molecule has 5 nitrogen and oxygen atoms in total. The van der Waals surface area contributed by atoms with Crippen LogP contribution in [0.3, 0.4) is 0 Å². The van der Waals surface area contributed by atoms with E-state index < -0.39 is 0 Å². The van der Waals surface area contributed by atoms with Gasteiger partial charge in [-0.3, -0.25) is 9.59 Å². The molecule has 2 amide bonds. The second-order valence-corrected chi connectivity index (χ2v) is 8.51. The Morgan fingerprint density at radius 1 is 0.857 bits per heavy atom. The standard InChI is InChI=1S/C23H27N3O2/c27-22(26-14-18-12-24-13-19(18)15-26)17-8-10-25(11-9-17)23(28)21-7-3-5-16-4-1-2-6-20(16)21/h1-7,17-19,24H,8-15H2/t18-,19+. The normalized spacial score (nSPS) is 25.3. The molecule has 3 fully saturated rings. The van der Waals surface area contributed by atoms with Crippen molar-refractivity contribution >= 4 is 22.6 Å². The number of carbonyl (C=O) groups excluding carboxylic acids is 2. The molecule has 0 spiro atoms. The van der Waals surface area contributed by atoms with E-state index in [9.17, 15) is 9.59 Å². The van der Waals surface area contributed by atoms with E-state index in [0.29, 0.717) is 30.8 Å². The smallest absolute Gasteiger partial charge is 0.254 e. The number of likely N-dealkylation sites (tertiary alicyclic amines) is 2. The lowest BCUT2D eigenvalue weighted by Crippen LogP contribution is -2.44. The maximum Gasteiger partial charge on any atom is 0.254 e. The highest BCUT2D eigenvalue weighted by Gasteiger charge is 2.40. The van der Waals surface area contributed by atoms with Gasteiger partial charge in [-0.1, -0.05) is 36.4 Å². The molecule has 0 aliphatic carbocycles. The van der Waals surface area contributed by atoms with Crippen molar-refractivity contribution in [2.24, 2.45) is 17.8 Å². The van der Waals surface area contributed by atoms with Crippen molar-refractivity contribution in [1.82, 2.24) is 15.1 Å². The van der Waals surface area contributed by atoms with Gasteiger partial charge in [0.25, 0.3) is 5.91 Å². The van der Waals surface area contributed by atoms with Crippen LogP contribution in [0.5, 0.6) is 0 Å². The molecule has 0 aromatic heterocycles. The quantitative estimate of drug-likeness (QED) is 0.874. The van der Waals surface area contributed by atoms with E-state index in [4.69, 9.17) is 0 Å². The molecule has 0 bridgehead atoms. The van der Waals surface area contributed by atoms with Crippen LogP contribution in [0.2, 0.25) is 0 Å². The van der Waals surface area contributed by atoms with E-state index in [1.807, 2.05) is 47.4 Å². The number of hydrogen-bond acceptors (Lipinski definition) is 3. The Labute approximate surface area is 165 Å². The fraction of sp³-hybridized carbons (Fsp3) is 0.478. The minimum Gasteiger partial charge on any atom is -0.342 e. The minimum atomic E-state index is 0.0725. The van der Waals surface area contributed by atoms with Crippen LogP contribution in [-0.2, 0) is 4.79 Å². The third-order valence-corrected chi connectivity index (χ3v) is 6.85. The third kappa shape index (κ3) is 3.08. The predicted octanol–water partition coefficient (Wildman–Crippen LogP) is 2.37. The Hall–Kier alpha value is -2.40. The Morgan fingerprint density at radius 3 is 2.29 bits per heavy atom. The second-order valence-electron chi connectivity index (χ2n) is 8.51. The van der Waals surface area contributed by atoms with Gasteiger partial charge < -0.3 is 15.1 Å². The Kier molecular flexibility index (Phi) is 4.55. The predicted molar refractivity (Wildman–Crippen MR) is 109 cm³/mol. The number of hydrogen-bond donors (Lipinski definition) is 1. The Balaban J connectivity index is 1.23. The average Bonchev–Trinajstić information content (AvgIpc) is 3.35. The zero-order valence-electron chi connectivity index (χ0n) is 16.1. The first-order valence-corrected chi connectivity index (χ1v) is 10.5. The van der Waals surface area contributed by atoms with Gasteiger partial charge in [-0.2, -0.15) is 0 Å². The number of nitrogens with one attached hydrogen (secondary N) is 1. The fourth-order valence-corrected chi connectivity index (χ4v) is 5.21. The van der Waals surface area contributed by atoms with Crippen molar-refractivity contribution in [2.45, 2.75) is 12.8 Å². The lowest BCUT2D eigenvalue weighted by atomic mass is 9.94. The Morgan fingerprint density at radius 2 is 1.54 bits per heavy atom. The number of benzene rings is 2. The van der Waals surface area contributed by atoms with Gasteiger partial charge in [0.05, 0.1) is 0 Å². The molecule has 1 N–H and O–H groups in total. The number of amides is 2. The monoisotopic (exact) mass is 377 g/mol. The van der Waals surface area contributed by atoms with Crippen LogP contribution in [0.4, 0.5) is 0 Å². The molecule has 3 heterocycles. The first kappa shape index (κ1) is 17.7. The van der Waals surface area contributed by atoms with Gasteiger partial charge in [-0.15, -0.1) is 0 Å². The molecule has 3 aliphatic rings. The molecule has 3 aliphatic heterocycles. The molecule has 0 unspecified atom stereocenters. The molecule has 146 valence electrons. The second kappa shape index (κ2) is 7.21. The van der Waals surface area contributed by atoms with Gasteiger partial charge in [-0.25, -0.2) is 0 Å². The molecule has 2 atom stereocenters. The molecule has 2 aromatic rings. The number of nitrogens with zero attached hydrogens (tertiary/aromatic N) is 2. The van der Waals surface area contributed by atoms with E-state index in [1.165, 1.54) is 0 Å². The maximum atomic E-state index is 13.1. The van der Waals surface area contributed by atoms with Gasteiger partial charge in [0.2, 0.25) is 5.91 Å². The molecular formula is C23H27N3O2. The summed E-state index contributed by atoms with van der Waals surface area (Å²) in [5, 5.41) is 5.52. The van der Waals surface area contributed by atoms with Crippen LogP contribution >= 0.6 is 0 Å². The lowest BCUT2D eigenvalue weighted by Gasteiger charge is -2.33. The van der Waals surface area contributed by atoms with Crippen molar-refractivity contribution in [2.75, 3.05) is 39.3 Å². The van der Waals surface area contributed by atoms with Crippen LogP contribution in [-0.4, -0.2) is 60.9 Å². The summed E-state index contributed by atoms with van der Waals surface area (Å²) in [5.74, 6) is 1.74. The van der Waals surface area contributed by atoms with E-state index in [0.717, 1.165) is 55.4 Å². The highest BCUT2D eigenvalue weighted by Crippen LogP contribution is 2.30. The van der Waals surface area contributed by atoms with Crippen molar-refractivity contribution in [3.8, 4) is 0 Å². The van der Waals surface area contributed by atoms with Crippen molar-refractivity contribution < 1.29 is 9.59 Å². The molecule has 0 saturated carbocycles. The number of fused-ring (bicyclic) bond motifs is 2.